The van der Waals surface area contributed by atoms with Gasteiger partial charge >= 0.3 is 0 Å². The lowest BCUT2D eigenvalue weighted by Crippen LogP contribution is -2.12. The number of carbonyl (C=O) groups excluding carboxylic acids is 1. The van der Waals surface area contributed by atoms with Gasteiger partial charge in [-0.05, 0) is 48.5 Å². The molecule has 0 aliphatic rings. The number of fused-ring (bicyclic) bond motifs is 1. The van der Waals surface area contributed by atoms with Crippen molar-refractivity contribution in [1.82, 2.24) is 9.55 Å². The number of amides is 1. The van der Waals surface area contributed by atoms with E-state index in [2.05, 4.69) is 10.3 Å². The summed E-state index contributed by atoms with van der Waals surface area (Å²) in [7, 11) is 0. The Balaban J connectivity index is 1.44. The van der Waals surface area contributed by atoms with Gasteiger partial charge in [0.25, 0.3) is 0 Å². The number of hydrogen-bond donors (Lipinski definition) is 1. The van der Waals surface area contributed by atoms with Crippen LogP contribution in [0.15, 0.2) is 77.7 Å². The second kappa shape index (κ2) is 6.65. The number of anilines is 1. The average Bonchev–Trinajstić information content (AvgIpc) is 3.30. The van der Waals surface area contributed by atoms with Crippen LogP contribution >= 0.6 is 0 Å². The number of nitrogens with one attached hydrogen (secondary N) is 1. The van der Waals surface area contributed by atoms with Crippen LogP contribution in [0.3, 0.4) is 0 Å². The highest BCUT2D eigenvalue weighted by Crippen LogP contribution is 2.19. The lowest BCUT2D eigenvalue weighted by molar-refractivity contribution is -0.116. The third-order valence-electron chi connectivity index (χ3n) is 4.06. The SMILES string of the molecule is O=C(CCc1ccco1)Nc1ccc(-n2cnc3ccccc32)cc1. The van der Waals surface area contributed by atoms with Gasteiger partial charge in [-0.2, -0.15) is 0 Å². The molecule has 0 saturated heterocycles. The third-order valence-corrected chi connectivity index (χ3v) is 4.06. The van der Waals surface area contributed by atoms with E-state index < -0.39 is 0 Å². The quantitative estimate of drug-likeness (QED) is 0.596. The van der Waals surface area contributed by atoms with Gasteiger partial charge in [0.15, 0.2) is 0 Å². The van der Waals surface area contributed by atoms with E-state index in [1.807, 2.05) is 71.6 Å². The monoisotopic (exact) mass is 331 g/mol. The number of hydrogen-bond acceptors (Lipinski definition) is 3. The molecule has 0 saturated carbocycles. The van der Waals surface area contributed by atoms with Crippen molar-refractivity contribution in [3.63, 3.8) is 0 Å². The number of para-hydroxylation sites is 2. The summed E-state index contributed by atoms with van der Waals surface area (Å²) in [5, 5.41) is 2.91. The molecule has 1 amide bonds. The summed E-state index contributed by atoms with van der Waals surface area (Å²) >= 11 is 0. The Morgan fingerprint density at radius 2 is 1.88 bits per heavy atom. The Bertz CT molecular complexity index is 985. The number of carbonyl (C=O) groups is 1. The fraction of sp³-hybridized carbons (Fsp3) is 0.100. The number of furan rings is 1. The molecule has 0 unspecified atom stereocenters. The van der Waals surface area contributed by atoms with Crippen molar-refractivity contribution in [2.75, 3.05) is 5.32 Å². The lowest BCUT2D eigenvalue weighted by atomic mass is 10.2. The summed E-state index contributed by atoms with van der Waals surface area (Å²) in [5.74, 6) is 0.787. The molecule has 25 heavy (non-hydrogen) atoms. The van der Waals surface area contributed by atoms with E-state index in [1.165, 1.54) is 0 Å². The van der Waals surface area contributed by atoms with Crippen molar-refractivity contribution in [1.29, 1.82) is 0 Å². The first-order valence-corrected chi connectivity index (χ1v) is 8.14. The van der Waals surface area contributed by atoms with E-state index in [-0.39, 0.29) is 5.91 Å². The number of benzene rings is 2. The number of rotatable bonds is 5. The number of aryl methyl sites for hydroxylation is 1. The summed E-state index contributed by atoms with van der Waals surface area (Å²) < 4.78 is 7.26. The Hall–Kier alpha value is -3.34. The van der Waals surface area contributed by atoms with Crippen LogP contribution in [0.4, 0.5) is 5.69 Å². The van der Waals surface area contributed by atoms with Crippen LogP contribution in [0.5, 0.6) is 0 Å². The Morgan fingerprint density at radius 1 is 1.04 bits per heavy atom. The Morgan fingerprint density at radius 3 is 2.68 bits per heavy atom. The van der Waals surface area contributed by atoms with Gasteiger partial charge in [-0.15, -0.1) is 0 Å². The molecule has 0 aliphatic heterocycles. The maximum absolute atomic E-state index is 12.0. The molecular weight excluding hydrogens is 314 g/mol. The molecule has 0 radical (unpaired) electrons. The minimum Gasteiger partial charge on any atom is -0.469 e. The van der Waals surface area contributed by atoms with E-state index in [9.17, 15) is 4.79 Å². The maximum atomic E-state index is 12.0. The summed E-state index contributed by atoms with van der Waals surface area (Å²) in [6, 6.07) is 19.4. The average molecular weight is 331 g/mol. The first-order chi connectivity index (χ1) is 12.3. The minimum absolute atomic E-state index is 0.0303. The molecule has 0 aliphatic carbocycles. The van der Waals surface area contributed by atoms with Gasteiger partial charge in [0.2, 0.25) is 5.91 Å². The Kier molecular flexibility index (Phi) is 4.04. The normalized spacial score (nSPS) is 10.9. The zero-order valence-corrected chi connectivity index (χ0v) is 13.6. The molecule has 0 atom stereocenters. The molecule has 2 aromatic heterocycles. The molecule has 5 nitrogen and oxygen atoms in total. The molecule has 2 aromatic carbocycles. The molecule has 4 rings (SSSR count). The predicted molar refractivity (Wildman–Crippen MR) is 96.7 cm³/mol. The van der Waals surface area contributed by atoms with Gasteiger partial charge in [-0.1, -0.05) is 12.1 Å². The van der Waals surface area contributed by atoms with E-state index in [0.717, 1.165) is 28.2 Å². The second-order valence-corrected chi connectivity index (χ2v) is 5.78. The number of imidazole rings is 1. The van der Waals surface area contributed by atoms with E-state index in [0.29, 0.717) is 12.8 Å². The minimum atomic E-state index is -0.0303. The largest absolute Gasteiger partial charge is 0.469 e. The summed E-state index contributed by atoms with van der Waals surface area (Å²) in [6.07, 6.45) is 4.41. The van der Waals surface area contributed by atoms with Gasteiger partial charge in [-0.25, -0.2) is 4.98 Å². The van der Waals surface area contributed by atoms with Crippen LogP contribution < -0.4 is 5.32 Å². The van der Waals surface area contributed by atoms with Gasteiger partial charge in [0.05, 0.1) is 17.3 Å². The summed E-state index contributed by atoms with van der Waals surface area (Å²) in [5.41, 5.74) is 3.79. The fourth-order valence-electron chi connectivity index (χ4n) is 2.79. The molecule has 4 aromatic rings. The molecule has 124 valence electrons. The van der Waals surface area contributed by atoms with Crippen molar-refractivity contribution in [3.8, 4) is 5.69 Å². The van der Waals surface area contributed by atoms with Crippen molar-refractivity contribution < 1.29 is 9.21 Å². The van der Waals surface area contributed by atoms with Gasteiger partial charge in [-0.3, -0.25) is 9.36 Å². The zero-order valence-electron chi connectivity index (χ0n) is 13.6. The number of aromatic nitrogens is 2. The zero-order chi connectivity index (χ0) is 17.1. The highest BCUT2D eigenvalue weighted by molar-refractivity contribution is 5.91. The molecule has 0 spiro atoms. The van der Waals surface area contributed by atoms with Crippen molar-refractivity contribution in [2.45, 2.75) is 12.8 Å². The van der Waals surface area contributed by atoms with Crippen LogP contribution in [-0.4, -0.2) is 15.5 Å². The number of nitrogens with zero attached hydrogens (tertiary/aromatic N) is 2. The van der Waals surface area contributed by atoms with E-state index in [4.69, 9.17) is 4.42 Å². The first kappa shape index (κ1) is 15.2. The van der Waals surface area contributed by atoms with Crippen LogP contribution in [0, 0.1) is 0 Å². The smallest absolute Gasteiger partial charge is 0.224 e. The van der Waals surface area contributed by atoms with Crippen LogP contribution in [0.25, 0.3) is 16.7 Å². The third kappa shape index (κ3) is 3.30. The second-order valence-electron chi connectivity index (χ2n) is 5.78. The molecule has 0 fully saturated rings. The topological polar surface area (TPSA) is 60.1 Å². The van der Waals surface area contributed by atoms with Crippen LogP contribution in [0.1, 0.15) is 12.2 Å². The molecule has 2 heterocycles. The van der Waals surface area contributed by atoms with Gasteiger partial charge in [0, 0.05) is 24.2 Å². The molecule has 5 heteroatoms. The van der Waals surface area contributed by atoms with Crippen molar-refractivity contribution in [3.05, 3.63) is 79.0 Å². The summed E-state index contributed by atoms with van der Waals surface area (Å²) in [6.45, 7) is 0. The Labute approximate surface area is 144 Å². The van der Waals surface area contributed by atoms with E-state index >= 15 is 0 Å². The lowest BCUT2D eigenvalue weighted by Gasteiger charge is -2.08. The first-order valence-electron chi connectivity index (χ1n) is 8.14. The standard InChI is InChI=1S/C20H17N3O2/c24-20(12-11-17-4-3-13-25-17)22-15-7-9-16(10-8-15)23-14-21-18-5-1-2-6-19(18)23/h1-10,13-14H,11-12H2,(H,22,24). The molecule has 0 bridgehead atoms. The molecular formula is C20H17N3O2. The van der Waals surface area contributed by atoms with Crippen molar-refractivity contribution >= 4 is 22.6 Å². The highest BCUT2D eigenvalue weighted by Gasteiger charge is 2.06. The fourth-order valence-corrected chi connectivity index (χ4v) is 2.79. The highest BCUT2D eigenvalue weighted by atomic mass is 16.3. The predicted octanol–water partition coefficient (Wildman–Crippen LogP) is 4.19. The maximum Gasteiger partial charge on any atom is 0.224 e. The summed E-state index contributed by atoms with van der Waals surface area (Å²) in [4.78, 5) is 16.4. The van der Waals surface area contributed by atoms with Gasteiger partial charge < -0.3 is 9.73 Å². The van der Waals surface area contributed by atoms with E-state index in [1.54, 1.807) is 6.26 Å². The van der Waals surface area contributed by atoms with Crippen LogP contribution in [-0.2, 0) is 11.2 Å². The van der Waals surface area contributed by atoms with Gasteiger partial charge in [0.1, 0.15) is 12.1 Å². The molecule has 1 N–H and O–H groups in total. The van der Waals surface area contributed by atoms with Crippen molar-refractivity contribution in [2.24, 2.45) is 0 Å². The van der Waals surface area contributed by atoms with Crippen LogP contribution in [0.2, 0.25) is 0 Å².